The highest BCUT2D eigenvalue weighted by molar-refractivity contribution is 6.01. The Kier molecular flexibility index (Phi) is 4.74. The standard InChI is InChI=1S/C17H24N2O3/c1-5-17(2,3)18-16(21)12-10-15(20)19(11-12)13-8-6-7-9-14(13)22-4/h6-9,12H,5,10-11H2,1-4H3,(H,18,21). The Balaban J connectivity index is 2.12. The highest BCUT2D eigenvalue weighted by atomic mass is 16.5. The topological polar surface area (TPSA) is 58.6 Å². The molecule has 5 heteroatoms. The van der Waals surface area contributed by atoms with Crippen LogP contribution in [0.25, 0.3) is 0 Å². The first-order valence-electron chi connectivity index (χ1n) is 7.63. The molecule has 5 nitrogen and oxygen atoms in total. The van der Waals surface area contributed by atoms with Gasteiger partial charge in [-0.25, -0.2) is 0 Å². The Labute approximate surface area is 131 Å². The van der Waals surface area contributed by atoms with Crippen LogP contribution in [0.15, 0.2) is 24.3 Å². The number of amides is 2. The summed E-state index contributed by atoms with van der Waals surface area (Å²) in [5.41, 5.74) is 0.470. The second kappa shape index (κ2) is 6.38. The van der Waals surface area contributed by atoms with Gasteiger partial charge in [0.1, 0.15) is 5.75 Å². The summed E-state index contributed by atoms with van der Waals surface area (Å²) in [7, 11) is 1.58. The molecule has 1 aliphatic rings. The van der Waals surface area contributed by atoms with Crippen LogP contribution in [-0.4, -0.2) is 31.0 Å². The number of methoxy groups -OCH3 is 1. The number of carbonyl (C=O) groups excluding carboxylic acids is 2. The Hall–Kier alpha value is -2.04. The fraction of sp³-hybridized carbons (Fsp3) is 0.529. The Bertz CT molecular complexity index is 569. The van der Waals surface area contributed by atoms with Gasteiger partial charge >= 0.3 is 0 Å². The number of hydrogen-bond acceptors (Lipinski definition) is 3. The summed E-state index contributed by atoms with van der Waals surface area (Å²) in [6.45, 7) is 6.39. The molecule has 22 heavy (non-hydrogen) atoms. The Morgan fingerprint density at radius 2 is 2.09 bits per heavy atom. The molecule has 0 aliphatic carbocycles. The van der Waals surface area contributed by atoms with Gasteiger partial charge in [-0.05, 0) is 32.4 Å². The largest absolute Gasteiger partial charge is 0.495 e. The Morgan fingerprint density at radius 1 is 1.41 bits per heavy atom. The zero-order chi connectivity index (χ0) is 16.3. The van der Waals surface area contributed by atoms with E-state index in [2.05, 4.69) is 5.32 Å². The third kappa shape index (κ3) is 3.40. The normalized spacial score (nSPS) is 18.5. The molecule has 1 aromatic rings. The van der Waals surface area contributed by atoms with E-state index in [0.717, 1.165) is 12.1 Å². The van der Waals surface area contributed by atoms with E-state index in [-0.39, 0.29) is 29.7 Å². The molecule has 1 atom stereocenters. The van der Waals surface area contributed by atoms with E-state index in [4.69, 9.17) is 4.74 Å². The molecule has 1 heterocycles. The van der Waals surface area contributed by atoms with Crippen LogP contribution in [0, 0.1) is 5.92 Å². The lowest BCUT2D eigenvalue weighted by Gasteiger charge is -2.26. The second-order valence-electron chi connectivity index (χ2n) is 6.30. The van der Waals surface area contributed by atoms with Crippen molar-refractivity contribution < 1.29 is 14.3 Å². The predicted molar refractivity (Wildman–Crippen MR) is 86.0 cm³/mol. The molecule has 2 amide bonds. The van der Waals surface area contributed by atoms with Crippen LogP contribution in [-0.2, 0) is 9.59 Å². The van der Waals surface area contributed by atoms with Crippen molar-refractivity contribution in [2.24, 2.45) is 5.92 Å². The zero-order valence-electron chi connectivity index (χ0n) is 13.7. The van der Waals surface area contributed by atoms with Gasteiger partial charge in [-0.15, -0.1) is 0 Å². The van der Waals surface area contributed by atoms with Crippen molar-refractivity contribution in [1.29, 1.82) is 0 Å². The van der Waals surface area contributed by atoms with Gasteiger partial charge in [0.15, 0.2) is 0 Å². The first-order chi connectivity index (χ1) is 10.4. The molecule has 2 rings (SSSR count). The number of anilines is 1. The molecule has 1 N–H and O–H groups in total. The van der Waals surface area contributed by atoms with Gasteiger partial charge in [-0.2, -0.15) is 0 Å². The van der Waals surface area contributed by atoms with Crippen LogP contribution in [0.4, 0.5) is 5.69 Å². The molecular weight excluding hydrogens is 280 g/mol. The van der Waals surface area contributed by atoms with Crippen molar-refractivity contribution in [3.8, 4) is 5.75 Å². The van der Waals surface area contributed by atoms with Gasteiger partial charge < -0.3 is 15.0 Å². The summed E-state index contributed by atoms with van der Waals surface area (Å²) in [6, 6.07) is 7.37. The van der Waals surface area contributed by atoms with Crippen molar-refractivity contribution in [2.45, 2.75) is 39.2 Å². The van der Waals surface area contributed by atoms with Gasteiger partial charge in [-0.3, -0.25) is 9.59 Å². The van der Waals surface area contributed by atoms with Crippen molar-refractivity contribution >= 4 is 17.5 Å². The number of carbonyl (C=O) groups is 2. The van der Waals surface area contributed by atoms with Crippen molar-refractivity contribution in [1.82, 2.24) is 5.32 Å². The van der Waals surface area contributed by atoms with Crippen molar-refractivity contribution in [2.75, 3.05) is 18.6 Å². The van der Waals surface area contributed by atoms with Crippen LogP contribution < -0.4 is 15.0 Å². The van der Waals surface area contributed by atoms with Gasteiger partial charge in [0.05, 0.1) is 18.7 Å². The highest BCUT2D eigenvalue weighted by Crippen LogP contribution is 2.32. The van der Waals surface area contributed by atoms with Crippen LogP contribution in [0.1, 0.15) is 33.6 Å². The molecule has 1 unspecified atom stereocenters. The number of nitrogens with zero attached hydrogens (tertiary/aromatic N) is 1. The summed E-state index contributed by atoms with van der Waals surface area (Å²) < 4.78 is 5.31. The van der Waals surface area contributed by atoms with E-state index < -0.39 is 0 Å². The van der Waals surface area contributed by atoms with Gasteiger partial charge in [0.2, 0.25) is 11.8 Å². The number of rotatable bonds is 5. The molecule has 0 bridgehead atoms. The van der Waals surface area contributed by atoms with Crippen molar-refractivity contribution in [3.05, 3.63) is 24.3 Å². The summed E-state index contributed by atoms with van der Waals surface area (Å²) in [5, 5.41) is 3.02. The first-order valence-corrected chi connectivity index (χ1v) is 7.63. The fourth-order valence-corrected chi connectivity index (χ4v) is 2.49. The molecule has 1 aromatic carbocycles. The maximum Gasteiger partial charge on any atom is 0.227 e. The summed E-state index contributed by atoms with van der Waals surface area (Å²) >= 11 is 0. The fourth-order valence-electron chi connectivity index (χ4n) is 2.49. The molecular formula is C17H24N2O3. The lowest BCUT2D eigenvalue weighted by molar-refractivity contribution is -0.127. The quantitative estimate of drug-likeness (QED) is 0.908. The molecule has 1 fully saturated rings. The van der Waals surface area contributed by atoms with E-state index in [9.17, 15) is 9.59 Å². The van der Waals surface area contributed by atoms with Crippen molar-refractivity contribution in [3.63, 3.8) is 0 Å². The predicted octanol–water partition coefficient (Wildman–Crippen LogP) is 2.35. The van der Waals surface area contributed by atoms with Gasteiger partial charge in [0, 0.05) is 18.5 Å². The third-order valence-electron chi connectivity index (χ3n) is 4.22. The van der Waals surface area contributed by atoms with Gasteiger partial charge in [0.25, 0.3) is 0 Å². The molecule has 0 spiro atoms. The smallest absolute Gasteiger partial charge is 0.227 e. The lowest BCUT2D eigenvalue weighted by atomic mass is 9.99. The van der Waals surface area contributed by atoms with Crippen LogP contribution >= 0.6 is 0 Å². The van der Waals surface area contributed by atoms with E-state index >= 15 is 0 Å². The Morgan fingerprint density at radius 3 is 2.73 bits per heavy atom. The molecule has 1 aliphatic heterocycles. The number of nitrogens with one attached hydrogen (secondary N) is 1. The average Bonchev–Trinajstić information content (AvgIpc) is 2.89. The van der Waals surface area contributed by atoms with E-state index in [1.165, 1.54) is 0 Å². The minimum absolute atomic E-state index is 0.0426. The molecule has 0 radical (unpaired) electrons. The molecule has 0 aromatic heterocycles. The number of hydrogen-bond donors (Lipinski definition) is 1. The lowest BCUT2D eigenvalue weighted by Crippen LogP contribution is -2.46. The van der Waals surface area contributed by atoms with E-state index in [0.29, 0.717) is 12.3 Å². The maximum atomic E-state index is 12.4. The number of para-hydroxylation sites is 2. The maximum absolute atomic E-state index is 12.4. The summed E-state index contributed by atoms with van der Waals surface area (Å²) in [6.07, 6.45) is 1.08. The highest BCUT2D eigenvalue weighted by Gasteiger charge is 2.37. The number of ether oxygens (including phenoxy) is 1. The first kappa shape index (κ1) is 16.3. The average molecular weight is 304 g/mol. The molecule has 0 saturated carbocycles. The van der Waals surface area contributed by atoms with Gasteiger partial charge in [-0.1, -0.05) is 19.1 Å². The second-order valence-corrected chi connectivity index (χ2v) is 6.30. The molecule has 1 saturated heterocycles. The number of benzene rings is 1. The SMILES string of the molecule is CCC(C)(C)NC(=O)C1CC(=O)N(c2ccccc2OC)C1. The van der Waals surface area contributed by atoms with Crippen LogP contribution in [0.2, 0.25) is 0 Å². The summed E-state index contributed by atoms with van der Waals surface area (Å²) in [5.74, 6) is 0.227. The monoisotopic (exact) mass is 304 g/mol. The minimum Gasteiger partial charge on any atom is -0.495 e. The van der Waals surface area contributed by atoms with Crippen LogP contribution in [0.3, 0.4) is 0 Å². The van der Waals surface area contributed by atoms with E-state index in [1.54, 1.807) is 12.0 Å². The minimum atomic E-state index is -0.316. The van der Waals surface area contributed by atoms with Crippen LogP contribution in [0.5, 0.6) is 5.75 Å². The zero-order valence-corrected chi connectivity index (χ0v) is 13.7. The third-order valence-corrected chi connectivity index (χ3v) is 4.22. The molecule has 120 valence electrons. The van der Waals surface area contributed by atoms with E-state index in [1.807, 2.05) is 45.0 Å². The summed E-state index contributed by atoms with van der Waals surface area (Å²) in [4.78, 5) is 26.3.